The van der Waals surface area contributed by atoms with Gasteiger partial charge in [0.25, 0.3) is 0 Å². The van der Waals surface area contributed by atoms with Gasteiger partial charge < -0.3 is 14.2 Å². The van der Waals surface area contributed by atoms with Crippen LogP contribution in [0.15, 0.2) is 60.8 Å². The Morgan fingerprint density at radius 1 is 0.260 bits per heavy atom. The number of esters is 3. The van der Waals surface area contributed by atoms with Crippen LogP contribution in [0, 0.1) is 0 Å². The van der Waals surface area contributed by atoms with Crippen LogP contribution in [-0.4, -0.2) is 37.2 Å². The Hall–Kier alpha value is -2.89. The second kappa shape index (κ2) is 65.6. The van der Waals surface area contributed by atoms with Crippen LogP contribution in [0.5, 0.6) is 0 Å². The van der Waals surface area contributed by atoms with E-state index in [4.69, 9.17) is 14.2 Å². The quantitative estimate of drug-likeness (QED) is 0.0261. The van der Waals surface area contributed by atoms with Gasteiger partial charge in [0.15, 0.2) is 6.10 Å². The van der Waals surface area contributed by atoms with Crippen molar-refractivity contribution < 1.29 is 28.6 Å². The van der Waals surface area contributed by atoms with Crippen LogP contribution in [0.2, 0.25) is 0 Å². The third-order valence-corrected chi connectivity index (χ3v) is 15.0. The molecule has 0 fully saturated rings. The fraction of sp³-hybridized carbons (Fsp3) is 0.817. The standard InChI is InChI=1S/C71H128O6/c1-4-7-10-13-16-19-22-25-28-30-32-33-34-35-36-37-38-39-40-42-43-46-49-52-55-58-61-64-70(73)76-67-68(66-75-69(72)63-60-57-54-51-48-45-27-24-21-18-15-12-9-6-3)77-71(74)65-62-59-56-53-50-47-44-41-31-29-26-23-20-17-14-11-8-5-2/h22,24-25,27,29-32,34-35,68H,4-21,23,26,28,33,36-67H2,1-3H3/b25-22-,27-24-,31-29-,32-30-,35-34-. The number of unbranched alkanes of at least 4 members (excludes halogenated alkanes) is 41. The molecular formula is C71H128O6. The Balaban J connectivity index is 4.28. The van der Waals surface area contributed by atoms with Crippen LogP contribution in [-0.2, 0) is 28.6 Å². The summed E-state index contributed by atoms with van der Waals surface area (Å²) in [5.41, 5.74) is 0. The third kappa shape index (κ3) is 63.8. The van der Waals surface area contributed by atoms with Crippen LogP contribution in [0.3, 0.4) is 0 Å². The van der Waals surface area contributed by atoms with Gasteiger partial charge >= 0.3 is 17.9 Å². The van der Waals surface area contributed by atoms with Crippen molar-refractivity contribution in [3.05, 3.63) is 60.8 Å². The van der Waals surface area contributed by atoms with E-state index in [9.17, 15) is 14.4 Å². The predicted molar refractivity (Wildman–Crippen MR) is 335 cm³/mol. The molecule has 448 valence electrons. The van der Waals surface area contributed by atoms with Gasteiger partial charge in [-0.15, -0.1) is 0 Å². The van der Waals surface area contributed by atoms with E-state index in [1.54, 1.807) is 0 Å². The van der Waals surface area contributed by atoms with Gasteiger partial charge in [0.1, 0.15) is 13.2 Å². The van der Waals surface area contributed by atoms with Crippen molar-refractivity contribution in [1.82, 2.24) is 0 Å². The van der Waals surface area contributed by atoms with E-state index < -0.39 is 6.10 Å². The molecule has 0 aromatic rings. The topological polar surface area (TPSA) is 78.9 Å². The Morgan fingerprint density at radius 3 is 0.740 bits per heavy atom. The summed E-state index contributed by atoms with van der Waals surface area (Å²) in [4.78, 5) is 38.4. The molecule has 0 N–H and O–H groups in total. The first-order valence-corrected chi connectivity index (χ1v) is 33.8. The van der Waals surface area contributed by atoms with Crippen molar-refractivity contribution in [2.75, 3.05) is 13.2 Å². The third-order valence-electron chi connectivity index (χ3n) is 15.0. The van der Waals surface area contributed by atoms with Crippen LogP contribution >= 0.6 is 0 Å². The van der Waals surface area contributed by atoms with Gasteiger partial charge in [0.2, 0.25) is 0 Å². The van der Waals surface area contributed by atoms with Crippen LogP contribution in [0.4, 0.5) is 0 Å². The van der Waals surface area contributed by atoms with E-state index in [1.807, 2.05) is 0 Å². The van der Waals surface area contributed by atoms with Gasteiger partial charge in [-0.1, -0.05) is 287 Å². The number of carbonyl (C=O) groups is 3. The average molecular weight is 1080 g/mol. The second-order valence-corrected chi connectivity index (χ2v) is 22.7. The highest BCUT2D eigenvalue weighted by Gasteiger charge is 2.19. The Labute approximate surface area is 479 Å². The van der Waals surface area contributed by atoms with E-state index >= 15 is 0 Å². The lowest BCUT2D eigenvalue weighted by Crippen LogP contribution is -2.30. The number of hydrogen-bond acceptors (Lipinski definition) is 6. The zero-order valence-corrected chi connectivity index (χ0v) is 51.5. The highest BCUT2D eigenvalue weighted by atomic mass is 16.6. The molecule has 0 bridgehead atoms. The van der Waals surface area contributed by atoms with E-state index in [0.717, 1.165) is 77.0 Å². The molecule has 6 heteroatoms. The van der Waals surface area contributed by atoms with Crippen LogP contribution in [0.1, 0.15) is 355 Å². The van der Waals surface area contributed by atoms with Gasteiger partial charge in [-0.2, -0.15) is 0 Å². The molecule has 0 aliphatic heterocycles. The molecule has 0 aliphatic rings. The van der Waals surface area contributed by atoms with Crippen LogP contribution < -0.4 is 0 Å². The van der Waals surface area contributed by atoms with Crippen molar-refractivity contribution in [2.24, 2.45) is 0 Å². The van der Waals surface area contributed by atoms with Gasteiger partial charge in [0, 0.05) is 19.3 Å². The smallest absolute Gasteiger partial charge is 0.306 e. The van der Waals surface area contributed by atoms with Gasteiger partial charge in [-0.05, 0) is 109 Å². The summed E-state index contributed by atoms with van der Waals surface area (Å²) >= 11 is 0. The van der Waals surface area contributed by atoms with E-state index in [0.29, 0.717) is 19.3 Å². The summed E-state index contributed by atoms with van der Waals surface area (Å²) in [6.45, 7) is 6.65. The molecule has 0 rings (SSSR count). The molecule has 0 spiro atoms. The first-order chi connectivity index (χ1) is 38.0. The molecule has 0 aromatic carbocycles. The summed E-state index contributed by atoms with van der Waals surface area (Å²) in [6.07, 6.45) is 83.8. The average Bonchev–Trinajstić information content (AvgIpc) is 3.43. The van der Waals surface area contributed by atoms with Crippen molar-refractivity contribution in [3.63, 3.8) is 0 Å². The largest absolute Gasteiger partial charge is 0.462 e. The number of hydrogen-bond donors (Lipinski definition) is 0. The summed E-state index contributed by atoms with van der Waals surface area (Å²) in [6, 6.07) is 0. The lowest BCUT2D eigenvalue weighted by molar-refractivity contribution is -0.167. The maximum Gasteiger partial charge on any atom is 0.306 e. The monoisotopic (exact) mass is 1080 g/mol. The normalized spacial score (nSPS) is 12.4. The molecule has 6 nitrogen and oxygen atoms in total. The maximum atomic E-state index is 12.9. The van der Waals surface area contributed by atoms with Gasteiger partial charge in [-0.3, -0.25) is 14.4 Å². The molecular weight excluding hydrogens is 949 g/mol. The second-order valence-electron chi connectivity index (χ2n) is 22.7. The molecule has 0 amide bonds. The minimum Gasteiger partial charge on any atom is -0.462 e. The predicted octanol–water partition coefficient (Wildman–Crippen LogP) is 23.1. The maximum absolute atomic E-state index is 12.9. The number of rotatable bonds is 62. The van der Waals surface area contributed by atoms with Crippen molar-refractivity contribution in [1.29, 1.82) is 0 Å². The van der Waals surface area contributed by atoms with E-state index in [2.05, 4.69) is 81.5 Å². The summed E-state index contributed by atoms with van der Waals surface area (Å²) < 4.78 is 17.0. The SMILES string of the molecule is CCCCCCC/C=C\C/C=C\C/C=C\CCCCCCCCCCCCCCC(=O)OCC(COC(=O)CCCCCCC/C=C\CCCCCCC)OC(=O)CCCCCCCCC/C=C\CCCCCCCCC. The molecule has 0 radical (unpaired) electrons. The summed E-state index contributed by atoms with van der Waals surface area (Å²) in [5, 5.41) is 0. The van der Waals surface area contributed by atoms with Crippen molar-refractivity contribution in [2.45, 2.75) is 361 Å². The summed E-state index contributed by atoms with van der Waals surface area (Å²) in [7, 11) is 0. The van der Waals surface area contributed by atoms with E-state index in [-0.39, 0.29) is 31.1 Å². The lowest BCUT2D eigenvalue weighted by atomic mass is 10.0. The van der Waals surface area contributed by atoms with E-state index in [1.165, 1.54) is 238 Å². The zero-order valence-electron chi connectivity index (χ0n) is 51.5. The first kappa shape index (κ1) is 74.1. The number of ether oxygens (including phenoxy) is 3. The fourth-order valence-corrected chi connectivity index (χ4v) is 9.85. The molecule has 0 heterocycles. The molecule has 0 aromatic heterocycles. The van der Waals surface area contributed by atoms with Crippen LogP contribution in [0.25, 0.3) is 0 Å². The highest BCUT2D eigenvalue weighted by Crippen LogP contribution is 2.17. The molecule has 0 aliphatic carbocycles. The Kier molecular flexibility index (Phi) is 63.2. The highest BCUT2D eigenvalue weighted by molar-refractivity contribution is 5.71. The molecule has 1 unspecified atom stereocenters. The number of allylic oxidation sites excluding steroid dienone is 10. The Morgan fingerprint density at radius 2 is 0.468 bits per heavy atom. The molecule has 1 atom stereocenters. The first-order valence-electron chi connectivity index (χ1n) is 33.8. The van der Waals surface area contributed by atoms with Gasteiger partial charge in [0.05, 0.1) is 0 Å². The van der Waals surface area contributed by atoms with Gasteiger partial charge in [-0.25, -0.2) is 0 Å². The Bertz CT molecular complexity index is 1380. The molecule has 77 heavy (non-hydrogen) atoms. The zero-order chi connectivity index (χ0) is 55.7. The minimum atomic E-state index is -0.781. The number of carbonyl (C=O) groups excluding carboxylic acids is 3. The van der Waals surface area contributed by atoms with Crippen molar-refractivity contribution in [3.8, 4) is 0 Å². The lowest BCUT2D eigenvalue weighted by Gasteiger charge is -2.18. The van der Waals surface area contributed by atoms with Crippen molar-refractivity contribution >= 4 is 17.9 Å². The summed E-state index contributed by atoms with van der Waals surface area (Å²) in [5.74, 6) is -0.873. The minimum absolute atomic E-state index is 0.0772. The molecule has 0 saturated carbocycles. The fourth-order valence-electron chi connectivity index (χ4n) is 9.85. The molecule has 0 saturated heterocycles.